The van der Waals surface area contributed by atoms with Crippen molar-refractivity contribution < 1.29 is 4.92 Å². The highest BCUT2D eigenvalue weighted by Gasteiger charge is 2.19. The number of para-hydroxylation sites is 1. The zero-order chi connectivity index (χ0) is 14.0. The Labute approximate surface area is 131 Å². The van der Waals surface area contributed by atoms with Crippen LogP contribution in [-0.4, -0.2) is 4.92 Å². The number of nitrogens with two attached hydrogens (primary N) is 1. The highest BCUT2D eigenvalue weighted by atomic mass is 79.9. The van der Waals surface area contributed by atoms with Gasteiger partial charge in [0.15, 0.2) is 0 Å². The van der Waals surface area contributed by atoms with Gasteiger partial charge in [-0.1, -0.05) is 18.2 Å². The molecule has 2 aromatic rings. The maximum atomic E-state index is 11.0. The minimum atomic E-state index is -0.374. The molecule has 4 nitrogen and oxygen atoms in total. The fourth-order valence-corrected chi connectivity index (χ4v) is 4.82. The Morgan fingerprint density at radius 2 is 2.05 bits per heavy atom. The van der Waals surface area contributed by atoms with Crippen molar-refractivity contribution in [3.05, 3.63) is 59.1 Å². The van der Waals surface area contributed by atoms with Crippen LogP contribution in [0.4, 0.5) is 5.69 Å². The van der Waals surface area contributed by atoms with E-state index in [9.17, 15) is 10.1 Å². The Morgan fingerprint density at radius 3 is 2.63 bits per heavy atom. The number of thiophene rings is 1. The van der Waals surface area contributed by atoms with Crippen LogP contribution < -0.4 is 5.73 Å². The van der Waals surface area contributed by atoms with E-state index in [1.807, 2.05) is 6.07 Å². The number of benzene rings is 1. The van der Waals surface area contributed by atoms with Gasteiger partial charge in [0.05, 0.1) is 12.5 Å². The molecular formula is C12H10Br2N2O2S. The molecule has 0 aliphatic carbocycles. The summed E-state index contributed by atoms with van der Waals surface area (Å²) in [6, 6.07) is 8.35. The van der Waals surface area contributed by atoms with Crippen molar-refractivity contribution in [2.75, 3.05) is 0 Å². The van der Waals surface area contributed by atoms with Crippen molar-refractivity contribution >= 4 is 48.9 Å². The first kappa shape index (κ1) is 14.6. The Hall–Kier alpha value is -0.760. The van der Waals surface area contributed by atoms with Crippen LogP contribution in [-0.2, 0) is 6.42 Å². The summed E-state index contributed by atoms with van der Waals surface area (Å²) in [5.74, 6) is 0. The summed E-state index contributed by atoms with van der Waals surface area (Å²) < 4.78 is 1.93. The van der Waals surface area contributed by atoms with Gasteiger partial charge in [0, 0.05) is 17.7 Å². The van der Waals surface area contributed by atoms with Crippen molar-refractivity contribution in [2.45, 2.75) is 12.5 Å². The van der Waals surface area contributed by atoms with Crippen molar-refractivity contribution in [3.8, 4) is 0 Å². The number of nitro groups is 1. The van der Waals surface area contributed by atoms with E-state index in [4.69, 9.17) is 5.73 Å². The zero-order valence-electron chi connectivity index (χ0n) is 9.68. The highest BCUT2D eigenvalue weighted by molar-refractivity contribution is 9.12. The van der Waals surface area contributed by atoms with E-state index in [-0.39, 0.29) is 16.7 Å². The van der Waals surface area contributed by atoms with Gasteiger partial charge in [0.1, 0.15) is 0 Å². The van der Waals surface area contributed by atoms with Crippen LogP contribution in [0.1, 0.15) is 17.2 Å². The molecule has 0 amide bonds. The first-order valence-corrected chi connectivity index (χ1v) is 7.82. The number of nitrogens with zero attached hydrogens (tertiary/aromatic N) is 1. The number of halogens is 2. The molecule has 0 aliphatic heterocycles. The molecule has 1 aromatic carbocycles. The second-order valence-corrected chi connectivity index (χ2v) is 7.73. The molecule has 100 valence electrons. The predicted molar refractivity (Wildman–Crippen MR) is 83.4 cm³/mol. The lowest BCUT2D eigenvalue weighted by Gasteiger charge is -2.11. The van der Waals surface area contributed by atoms with Crippen molar-refractivity contribution in [2.24, 2.45) is 5.73 Å². The average Bonchev–Trinajstić information content (AvgIpc) is 2.69. The molecule has 1 heterocycles. The summed E-state index contributed by atoms with van der Waals surface area (Å²) in [7, 11) is 0. The number of rotatable bonds is 4. The van der Waals surface area contributed by atoms with E-state index in [2.05, 4.69) is 31.9 Å². The molecule has 0 spiro atoms. The van der Waals surface area contributed by atoms with Crippen LogP contribution in [0.3, 0.4) is 0 Å². The Morgan fingerprint density at radius 1 is 1.37 bits per heavy atom. The van der Waals surface area contributed by atoms with Gasteiger partial charge in [-0.25, -0.2) is 0 Å². The minimum Gasteiger partial charge on any atom is -0.324 e. The minimum absolute atomic E-state index is 0.114. The first-order valence-electron chi connectivity index (χ1n) is 5.41. The normalized spacial score (nSPS) is 12.4. The van der Waals surface area contributed by atoms with Gasteiger partial charge in [0.25, 0.3) is 5.69 Å². The van der Waals surface area contributed by atoms with Crippen LogP contribution >= 0.6 is 43.2 Å². The van der Waals surface area contributed by atoms with Gasteiger partial charge in [-0.2, -0.15) is 0 Å². The summed E-state index contributed by atoms with van der Waals surface area (Å²) in [6.07, 6.45) is 0.429. The molecule has 2 rings (SSSR count). The molecule has 0 fully saturated rings. The molecule has 19 heavy (non-hydrogen) atoms. The summed E-state index contributed by atoms with van der Waals surface area (Å²) >= 11 is 8.39. The molecular weight excluding hydrogens is 396 g/mol. The Bertz CT molecular complexity index is 616. The molecule has 0 aliphatic rings. The Kier molecular flexibility index (Phi) is 4.72. The van der Waals surface area contributed by atoms with Gasteiger partial charge in [-0.15, -0.1) is 11.3 Å². The molecule has 0 saturated heterocycles. The molecule has 7 heteroatoms. The molecule has 2 N–H and O–H groups in total. The third kappa shape index (κ3) is 3.42. The fourth-order valence-electron chi connectivity index (χ4n) is 1.81. The largest absolute Gasteiger partial charge is 0.324 e. The lowest BCUT2D eigenvalue weighted by atomic mass is 10.0. The second-order valence-electron chi connectivity index (χ2n) is 3.98. The molecule has 1 unspecified atom stereocenters. The number of hydrogen-bond donors (Lipinski definition) is 1. The van der Waals surface area contributed by atoms with E-state index in [0.717, 1.165) is 13.1 Å². The van der Waals surface area contributed by atoms with Crippen molar-refractivity contribution in [3.63, 3.8) is 0 Å². The van der Waals surface area contributed by atoms with E-state index in [0.29, 0.717) is 12.0 Å². The van der Waals surface area contributed by atoms with Crippen LogP contribution in [0.15, 0.2) is 37.9 Å². The average molecular weight is 406 g/mol. The zero-order valence-corrected chi connectivity index (χ0v) is 13.7. The molecule has 1 atom stereocenters. The van der Waals surface area contributed by atoms with E-state index >= 15 is 0 Å². The smallest absolute Gasteiger partial charge is 0.272 e. The SMILES string of the molecule is NC(Cc1ccccc1[N+](=O)[O-])c1cc(Br)sc1Br. The summed E-state index contributed by atoms with van der Waals surface area (Å²) in [5.41, 5.74) is 7.86. The number of nitro benzene ring substituents is 1. The van der Waals surface area contributed by atoms with Crippen molar-refractivity contribution in [1.29, 1.82) is 0 Å². The van der Waals surface area contributed by atoms with E-state index < -0.39 is 0 Å². The second kappa shape index (κ2) is 6.13. The van der Waals surface area contributed by atoms with Gasteiger partial charge in [-0.3, -0.25) is 10.1 Å². The Balaban J connectivity index is 2.26. The van der Waals surface area contributed by atoms with Gasteiger partial charge < -0.3 is 5.73 Å². The van der Waals surface area contributed by atoms with E-state index in [1.165, 1.54) is 17.4 Å². The fraction of sp³-hybridized carbons (Fsp3) is 0.167. The summed E-state index contributed by atoms with van der Waals surface area (Å²) in [5, 5.41) is 11.0. The third-order valence-electron chi connectivity index (χ3n) is 2.71. The molecule has 1 aromatic heterocycles. The standard InChI is InChI=1S/C12H10Br2N2O2S/c13-11-6-8(12(14)19-11)9(15)5-7-3-1-2-4-10(7)16(17)18/h1-4,6,9H,5,15H2. The van der Waals surface area contributed by atoms with E-state index in [1.54, 1.807) is 18.2 Å². The van der Waals surface area contributed by atoms with Gasteiger partial charge in [-0.05, 0) is 49.9 Å². The van der Waals surface area contributed by atoms with Gasteiger partial charge in [0.2, 0.25) is 0 Å². The maximum absolute atomic E-state index is 11.0. The third-order valence-corrected chi connectivity index (χ3v) is 5.10. The monoisotopic (exact) mass is 404 g/mol. The predicted octanol–water partition coefficient (Wildman–Crippen LogP) is 4.42. The van der Waals surface area contributed by atoms with Crippen LogP contribution in [0.2, 0.25) is 0 Å². The van der Waals surface area contributed by atoms with Crippen molar-refractivity contribution in [1.82, 2.24) is 0 Å². The highest BCUT2D eigenvalue weighted by Crippen LogP contribution is 2.36. The number of hydrogen-bond acceptors (Lipinski definition) is 4. The van der Waals surface area contributed by atoms with Crippen LogP contribution in [0, 0.1) is 10.1 Å². The molecule has 0 saturated carbocycles. The summed E-state index contributed by atoms with van der Waals surface area (Å²) in [4.78, 5) is 10.6. The van der Waals surface area contributed by atoms with Crippen LogP contribution in [0.5, 0.6) is 0 Å². The topological polar surface area (TPSA) is 69.2 Å². The quantitative estimate of drug-likeness (QED) is 0.604. The molecule has 0 bridgehead atoms. The summed E-state index contributed by atoms with van der Waals surface area (Å²) in [6.45, 7) is 0. The molecule has 0 radical (unpaired) electrons. The lowest BCUT2D eigenvalue weighted by Crippen LogP contribution is -2.13. The first-order chi connectivity index (χ1) is 8.99. The van der Waals surface area contributed by atoms with Crippen LogP contribution in [0.25, 0.3) is 0 Å². The lowest BCUT2D eigenvalue weighted by molar-refractivity contribution is -0.385. The van der Waals surface area contributed by atoms with Gasteiger partial charge >= 0.3 is 0 Å². The maximum Gasteiger partial charge on any atom is 0.272 e.